The van der Waals surface area contributed by atoms with Gasteiger partial charge in [-0.15, -0.1) is 0 Å². The van der Waals surface area contributed by atoms with Crippen LogP contribution < -0.4 is 9.47 Å². The Bertz CT molecular complexity index is 411. The normalized spacial score (nSPS) is 12.6. The fraction of sp³-hybridized carbons (Fsp3) is 0.125. The monoisotopic (exact) mass is 181 g/mol. The average Bonchev–Trinajstić information content (AvgIpc) is 2.54. The fourth-order valence-electron chi connectivity index (χ4n) is 1.11. The summed E-state index contributed by atoms with van der Waals surface area (Å²) in [7, 11) is 0. The molecule has 0 fully saturated rings. The second-order valence-corrected chi connectivity index (χ2v) is 2.43. The minimum atomic E-state index is -0.980. The van der Waals surface area contributed by atoms with Crippen LogP contribution in [0.15, 0.2) is 6.07 Å². The van der Waals surface area contributed by atoms with E-state index in [-0.39, 0.29) is 23.9 Å². The van der Waals surface area contributed by atoms with E-state index in [1.807, 2.05) is 0 Å². The molecule has 0 atom stereocenters. The maximum Gasteiger partial charge on any atom is 0.231 e. The molecule has 1 aromatic rings. The van der Waals surface area contributed by atoms with Crippen LogP contribution in [0.1, 0.15) is 5.56 Å². The minimum Gasteiger partial charge on any atom is -0.505 e. The molecule has 4 nitrogen and oxygen atoms in total. The molecule has 0 radical (unpaired) electrons. The third kappa shape index (κ3) is 0.957. The number of ether oxygens (including phenoxy) is 2. The molecule has 1 aromatic carbocycles. The van der Waals surface area contributed by atoms with E-state index in [1.165, 1.54) is 0 Å². The van der Waals surface area contributed by atoms with Crippen LogP contribution in [-0.2, 0) is 0 Å². The summed E-state index contributed by atoms with van der Waals surface area (Å²) in [5.41, 5.74) is -0.326. The van der Waals surface area contributed by atoms with Crippen LogP contribution in [0.4, 0.5) is 4.39 Å². The Balaban J connectivity index is 2.73. The molecule has 5 heteroatoms. The highest BCUT2D eigenvalue weighted by molar-refractivity contribution is 5.58. The highest BCUT2D eigenvalue weighted by Crippen LogP contribution is 2.40. The molecule has 1 aliphatic rings. The van der Waals surface area contributed by atoms with Gasteiger partial charge in [-0.3, -0.25) is 0 Å². The number of hydrogen-bond acceptors (Lipinski definition) is 4. The highest BCUT2D eigenvalue weighted by Gasteiger charge is 2.24. The van der Waals surface area contributed by atoms with Crippen LogP contribution in [0.2, 0.25) is 0 Å². The Labute approximate surface area is 72.7 Å². The van der Waals surface area contributed by atoms with Crippen LogP contribution in [0.3, 0.4) is 0 Å². The highest BCUT2D eigenvalue weighted by atomic mass is 19.1. The molecular weight excluding hydrogens is 177 g/mol. The molecule has 0 aromatic heterocycles. The Kier molecular flexibility index (Phi) is 1.49. The van der Waals surface area contributed by atoms with Crippen LogP contribution in [0.5, 0.6) is 17.2 Å². The molecule has 2 rings (SSSR count). The number of hydrogen-bond donors (Lipinski definition) is 1. The first-order valence-corrected chi connectivity index (χ1v) is 3.45. The summed E-state index contributed by atoms with van der Waals surface area (Å²) in [5, 5.41) is 17.6. The lowest BCUT2D eigenvalue weighted by atomic mass is 10.2. The van der Waals surface area contributed by atoms with E-state index in [2.05, 4.69) is 0 Å². The molecule has 1 N–H and O–H groups in total. The van der Waals surface area contributed by atoms with Crippen molar-refractivity contribution in [3.05, 3.63) is 17.4 Å². The molecule has 13 heavy (non-hydrogen) atoms. The summed E-state index contributed by atoms with van der Waals surface area (Å²) in [6, 6.07) is 2.68. The maximum atomic E-state index is 13.0. The zero-order valence-corrected chi connectivity index (χ0v) is 6.37. The minimum absolute atomic E-state index is 0.0535. The smallest absolute Gasteiger partial charge is 0.231 e. The van der Waals surface area contributed by atoms with Crippen LogP contribution in [0, 0.1) is 17.1 Å². The van der Waals surface area contributed by atoms with Crippen molar-refractivity contribution < 1.29 is 19.0 Å². The summed E-state index contributed by atoms with van der Waals surface area (Å²) in [4.78, 5) is 0. The van der Waals surface area contributed by atoms with Crippen molar-refractivity contribution in [3.63, 3.8) is 0 Å². The maximum absolute atomic E-state index is 13.0. The first-order chi connectivity index (χ1) is 6.24. The molecule has 0 saturated carbocycles. The molecule has 1 aliphatic heterocycles. The largest absolute Gasteiger partial charge is 0.505 e. The van der Waals surface area contributed by atoms with E-state index < -0.39 is 11.6 Å². The SMILES string of the molecule is N#Cc1c(F)c(O)cc2c1OCO2. The lowest BCUT2D eigenvalue weighted by Crippen LogP contribution is -1.94. The third-order valence-electron chi connectivity index (χ3n) is 1.69. The molecule has 0 bridgehead atoms. The van der Waals surface area contributed by atoms with Crippen molar-refractivity contribution in [2.75, 3.05) is 6.79 Å². The van der Waals surface area contributed by atoms with Gasteiger partial charge < -0.3 is 14.6 Å². The van der Waals surface area contributed by atoms with Crippen molar-refractivity contribution in [1.82, 2.24) is 0 Å². The van der Waals surface area contributed by atoms with Gasteiger partial charge in [0, 0.05) is 6.07 Å². The summed E-state index contributed by atoms with van der Waals surface area (Å²) in [6.07, 6.45) is 0. The molecular formula is C8H4FNO3. The summed E-state index contributed by atoms with van der Waals surface area (Å²) >= 11 is 0. The van der Waals surface area contributed by atoms with E-state index in [0.717, 1.165) is 6.07 Å². The Morgan fingerprint density at radius 2 is 2.31 bits per heavy atom. The van der Waals surface area contributed by atoms with Crippen molar-refractivity contribution in [2.45, 2.75) is 0 Å². The number of benzene rings is 1. The first kappa shape index (κ1) is 7.68. The van der Waals surface area contributed by atoms with E-state index in [0.29, 0.717) is 0 Å². The zero-order valence-electron chi connectivity index (χ0n) is 6.37. The van der Waals surface area contributed by atoms with Crippen molar-refractivity contribution in [1.29, 1.82) is 5.26 Å². The molecule has 66 valence electrons. The number of aromatic hydroxyl groups is 1. The van der Waals surface area contributed by atoms with Gasteiger partial charge in [0.25, 0.3) is 0 Å². The van der Waals surface area contributed by atoms with E-state index in [4.69, 9.17) is 19.8 Å². The number of phenolic OH excluding ortho intramolecular Hbond substituents is 1. The van der Waals surface area contributed by atoms with Gasteiger partial charge in [0.1, 0.15) is 11.6 Å². The number of rotatable bonds is 0. The summed E-state index contributed by atoms with van der Waals surface area (Å²) < 4.78 is 22.8. The van der Waals surface area contributed by atoms with E-state index >= 15 is 0 Å². The molecule has 0 aliphatic carbocycles. The van der Waals surface area contributed by atoms with Crippen LogP contribution in [-0.4, -0.2) is 11.9 Å². The Morgan fingerprint density at radius 3 is 3.00 bits per heavy atom. The average molecular weight is 181 g/mol. The van der Waals surface area contributed by atoms with E-state index in [1.54, 1.807) is 6.07 Å². The zero-order chi connectivity index (χ0) is 9.42. The molecule has 0 saturated heterocycles. The molecule has 0 amide bonds. The molecule has 0 spiro atoms. The molecule has 1 heterocycles. The standard InChI is InChI=1S/C8H4FNO3/c9-7-4(2-10)8-6(1-5(7)11)12-3-13-8/h1,11H,3H2. The predicted octanol–water partition coefficient (Wildman–Crippen LogP) is 1.13. The van der Waals surface area contributed by atoms with Crippen molar-refractivity contribution in [2.24, 2.45) is 0 Å². The quantitative estimate of drug-likeness (QED) is 0.651. The number of nitrogens with zero attached hydrogens (tertiary/aromatic N) is 1. The third-order valence-corrected chi connectivity index (χ3v) is 1.69. The molecule has 0 unspecified atom stereocenters. The first-order valence-electron chi connectivity index (χ1n) is 3.45. The Morgan fingerprint density at radius 1 is 1.54 bits per heavy atom. The summed E-state index contributed by atoms with van der Waals surface area (Å²) in [6.45, 7) is -0.0626. The van der Waals surface area contributed by atoms with Gasteiger partial charge >= 0.3 is 0 Å². The number of fused-ring (bicyclic) bond motifs is 1. The van der Waals surface area contributed by atoms with E-state index in [9.17, 15) is 4.39 Å². The predicted molar refractivity (Wildman–Crippen MR) is 38.9 cm³/mol. The lowest BCUT2D eigenvalue weighted by molar-refractivity contribution is 0.173. The topological polar surface area (TPSA) is 62.5 Å². The van der Waals surface area contributed by atoms with Gasteiger partial charge in [-0.25, -0.2) is 4.39 Å². The Hall–Kier alpha value is -1.96. The second kappa shape index (κ2) is 2.52. The number of halogens is 1. The van der Waals surface area contributed by atoms with Crippen molar-refractivity contribution >= 4 is 0 Å². The van der Waals surface area contributed by atoms with Crippen molar-refractivity contribution in [3.8, 4) is 23.3 Å². The number of nitriles is 1. The van der Waals surface area contributed by atoms with Gasteiger partial charge in [-0.05, 0) is 0 Å². The second-order valence-electron chi connectivity index (χ2n) is 2.43. The summed E-state index contributed by atoms with van der Waals surface area (Å²) in [5.74, 6) is -1.35. The van der Waals surface area contributed by atoms with Crippen LogP contribution in [0.25, 0.3) is 0 Å². The van der Waals surface area contributed by atoms with Gasteiger partial charge in [0.05, 0.1) is 0 Å². The van der Waals surface area contributed by atoms with Crippen LogP contribution >= 0.6 is 0 Å². The van der Waals surface area contributed by atoms with Gasteiger partial charge in [-0.1, -0.05) is 0 Å². The number of phenols is 1. The fourth-order valence-corrected chi connectivity index (χ4v) is 1.11. The lowest BCUT2D eigenvalue weighted by Gasteiger charge is -2.01. The van der Waals surface area contributed by atoms with Gasteiger partial charge in [0.2, 0.25) is 6.79 Å². The van der Waals surface area contributed by atoms with Gasteiger partial charge in [0.15, 0.2) is 23.1 Å². The van der Waals surface area contributed by atoms with Gasteiger partial charge in [-0.2, -0.15) is 5.26 Å².